The van der Waals surface area contributed by atoms with E-state index < -0.39 is 0 Å². The van der Waals surface area contributed by atoms with Crippen molar-refractivity contribution in [3.63, 3.8) is 0 Å². The Morgan fingerprint density at radius 1 is 1.10 bits per heavy atom. The van der Waals surface area contributed by atoms with Crippen LogP contribution in [0.2, 0.25) is 0 Å². The summed E-state index contributed by atoms with van der Waals surface area (Å²) in [7, 11) is 0. The van der Waals surface area contributed by atoms with Crippen LogP contribution < -0.4 is 25.4 Å². The van der Waals surface area contributed by atoms with E-state index in [4.69, 9.17) is 9.47 Å². The summed E-state index contributed by atoms with van der Waals surface area (Å²) in [5, 5.41) is 18.4. The van der Waals surface area contributed by atoms with Crippen LogP contribution in [0.5, 0.6) is 11.5 Å². The summed E-state index contributed by atoms with van der Waals surface area (Å²) in [5.41, 5.74) is 1.67. The fraction of sp³-hybridized carbons (Fsp3) is 0.391. The predicted molar refractivity (Wildman–Crippen MR) is 113 cm³/mol. The molecule has 158 valence electrons. The first-order valence-electron chi connectivity index (χ1n) is 9.97. The number of carbonyl (C=O) groups excluding carboxylic acids is 1. The summed E-state index contributed by atoms with van der Waals surface area (Å²) in [6.45, 7) is 6.32. The van der Waals surface area contributed by atoms with Gasteiger partial charge in [0.05, 0.1) is 18.8 Å². The van der Waals surface area contributed by atoms with E-state index in [0.29, 0.717) is 17.9 Å². The van der Waals surface area contributed by atoms with Crippen LogP contribution in [0.3, 0.4) is 0 Å². The van der Waals surface area contributed by atoms with E-state index in [1.807, 2.05) is 75.5 Å². The Morgan fingerprint density at radius 2 is 1.83 bits per heavy atom. The summed E-state index contributed by atoms with van der Waals surface area (Å²) in [6, 6.07) is 15.4. The van der Waals surface area contributed by atoms with Crippen LogP contribution in [-0.4, -0.2) is 25.0 Å². The smallest absolute Gasteiger partial charge is 0.231 e. The number of fused-ring (bicyclic) bond motifs is 1. The lowest BCUT2D eigenvalue weighted by Crippen LogP contribution is -2.59. The summed E-state index contributed by atoms with van der Waals surface area (Å²) >= 11 is 0. The fourth-order valence-electron chi connectivity index (χ4n) is 3.24. The van der Waals surface area contributed by atoms with Gasteiger partial charge in [0.25, 0.3) is 0 Å². The lowest BCUT2D eigenvalue weighted by Gasteiger charge is -2.35. The van der Waals surface area contributed by atoms with E-state index in [9.17, 15) is 10.1 Å². The van der Waals surface area contributed by atoms with E-state index in [0.717, 1.165) is 11.1 Å². The first-order valence-corrected chi connectivity index (χ1v) is 9.97. The molecule has 0 saturated heterocycles. The van der Waals surface area contributed by atoms with Crippen LogP contribution in [0.1, 0.15) is 31.9 Å². The van der Waals surface area contributed by atoms with Crippen molar-refractivity contribution in [2.75, 3.05) is 6.79 Å². The van der Waals surface area contributed by atoms with E-state index in [-0.39, 0.29) is 36.9 Å². The van der Waals surface area contributed by atoms with Gasteiger partial charge in [-0.3, -0.25) is 10.1 Å². The molecular formula is C23H28N4O3. The van der Waals surface area contributed by atoms with Gasteiger partial charge in [-0.2, -0.15) is 5.26 Å². The Labute approximate surface area is 177 Å². The molecule has 1 amide bonds. The highest BCUT2D eigenvalue weighted by atomic mass is 16.7. The van der Waals surface area contributed by atoms with Crippen LogP contribution >= 0.6 is 0 Å². The Kier molecular flexibility index (Phi) is 6.80. The van der Waals surface area contributed by atoms with Crippen molar-refractivity contribution in [1.82, 2.24) is 16.0 Å². The summed E-state index contributed by atoms with van der Waals surface area (Å²) in [5.74, 6) is 1.24. The Hall–Kier alpha value is -3.24. The highest BCUT2D eigenvalue weighted by molar-refractivity contribution is 5.79. The van der Waals surface area contributed by atoms with E-state index in [2.05, 4.69) is 16.0 Å². The molecule has 2 unspecified atom stereocenters. The first kappa shape index (κ1) is 21.5. The second-order valence-corrected chi connectivity index (χ2v) is 8.40. The zero-order valence-electron chi connectivity index (χ0n) is 17.6. The molecule has 3 rings (SSSR count). The maximum absolute atomic E-state index is 12.8. The number of amides is 1. The van der Waals surface area contributed by atoms with E-state index in [1.54, 1.807) is 0 Å². The molecule has 1 heterocycles. The molecule has 0 bridgehead atoms. The van der Waals surface area contributed by atoms with Crippen LogP contribution in [0.4, 0.5) is 0 Å². The number of carbonyl (C=O) groups is 1. The largest absolute Gasteiger partial charge is 0.454 e. The number of nitrogens with zero attached hydrogens (tertiary/aromatic N) is 1. The first-order chi connectivity index (χ1) is 14.3. The zero-order valence-corrected chi connectivity index (χ0v) is 17.6. The average molecular weight is 409 g/mol. The molecule has 7 heteroatoms. The van der Waals surface area contributed by atoms with Gasteiger partial charge in [0.1, 0.15) is 0 Å². The highest BCUT2D eigenvalue weighted by Gasteiger charge is 2.28. The van der Waals surface area contributed by atoms with Gasteiger partial charge in [-0.05, 0) is 28.7 Å². The average Bonchev–Trinajstić information content (AvgIpc) is 3.15. The van der Waals surface area contributed by atoms with Crippen LogP contribution in [0.15, 0.2) is 48.5 Å². The third kappa shape index (κ3) is 5.88. The van der Waals surface area contributed by atoms with E-state index >= 15 is 0 Å². The van der Waals surface area contributed by atoms with Crippen molar-refractivity contribution in [3.8, 4) is 17.7 Å². The molecule has 7 nitrogen and oxygen atoms in total. The molecule has 2 aromatic rings. The van der Waals surface area contributed by atoms with Crippen molar-refractivity contribution in [2.24, 2.45) is 5.41 Å². The third-order valence-electron chi connectivity index (χ3n) is 4.86. The highest BCUT2D eigenvalue weighted by Crippen LogP contribution is 2.32. The van der Waals surface area contributed by atoms with Crippen molar-refractivity contribution < 1.29 is 14.3 Å². The topological polar surface area (TPSA) is 95.4 Å². The van der Waals surface area contributed by atoms with Crippen LogP contribution in [-0.2, 0) is 17.6 Å². The van der Waals surface area contributed by atoms with Gasteiger partial charge in [0.2, 0.25) is 12.7 Å². The summed E-state index contributed by atoms with van der Waals surface area (Å²) in [4.78, 5) is 12.8. The Morgan fingerprint density at radius 3 is 2.53 bits per heavy atom. The van der Waals surface area contributed by atoms with Gasteiger partial charge in [0.15, 0.2) is 17.7 Å². The quantitative estimate of drug-likeness (QED) is 0.353. The molecule has 0 aromatic heterocycles. The minimum Gasteiger partial charge on any atom is -0.454 e. The minimum atomic E-state index is -0.339. The van der Waals surface area contributed by atoms with Gasteiger partial charge in [-0.1, -0.05) is 57.2 Å². The number of hydrogen-bond donors (Lipinski definition) is 3. The summed E-state index contributed by atoms with van der Waals surface area (Å²) < 4.78 is 10.7. The fourth-order valence-corrected chi connectivity index (χ4v) is 3.24. The maximum Gasteiger partial charge on any atom is 0.231 e. The normalized spacial score (nSPS) is 14.5. The molecule has 30 heavy (non-hydrogen) atoms. The molecule has 0 aliphatic carbocycles. The van der Waals surface area contributed by atoms with Crippen molar-refractivity contribution in [2.45, 2.75) is 45.9 Å². The number of benzene rings is 2. The van der Waals surface area contributed by atoms with Gasteiger partial charge in [-0.15, -0.1) is 0 Å². The number of nitriles is 1. The SMILES string of the molecule is CC(C)(C)C(NC(=O)Cc1ccc2c(c1)OCO2)NC(Cc1ccccc1)NC#N. The third-order valence-corrected chi connectivity index (χ3v) is 4.86. The second kappa shape index (κ2) is 9.51. The number of nitrogens with one attached hydrogen (secondary N) is 3. The zero-order chi connectivity index (χ0) is 21.6. The van der Waals surface area contributed by atoms with Crippen molar-refractivity contribution in [1.29, 1.82) is 5.26 Å². The molecule has 2 atom stereocenters. The number of ether oxygens (including phenoxy) is 2. The van der Waals surface area contributed by atoms with E-state index in [1.165, 1.54) is 0 Å². The predicted octanol–water partition coefficient (Wildman–Crippen LogP) is 2.68. The standard InChI is InChI=1S/C23H28N4O3/c1-23(2,3)22(26-20(25-14-24)12-16-7-5-4-6-8-16)27-21(28)13-17-9-10-18-19(11-17)30-15-29-18/h4-11,20,22,25-26H,12-13,15H2,1-3H3,(H,27,28). The molecule has 0 saturated carbocycles. The summed E-state index contributed by atoms with van der Waals surface area (Å²) in [6.07, 6.45) is 2.19. The number of rotatable bonds is 8. The monoisotopic (exact) mass is 408 g/mol. The molecule has 1 aliphatic rings. The van der Waals surface area contributed by atoms with Gasteiger partial charge < -0.3 is 20.1 Å². The molecule has 0 fully saturated rings. The Balaban J connectivity index is 1.65. The number of hydrogen-bond acceptors (Lipinski definition) is 6. The molecule has 3 N–H and O–H groups in total. The minimum absolute atomic E-state index is 0.114. The molecule has 0 spiro atoms. The maximum atomic E-state index is 12.8. The van der Waals surface area contributed by atoms with Gasteiger partial charge >= 0.3 is 0 Å². The van der Waals surface area contributed by atoms with Crippen molar-refractivity contribution >= 4 is 5.91 Å². The second-order valence-electron chi connectivity index (χ2n) is 8.40. The van der Waals surface area contributed by atoms with Gasteiger partial charge in [-0.25, -0.2) is 0 Å². The van der Waals surface area contributed by atoms with Crippen LogP contribution in [0, 0.1) is 16.9 Å². The molecular weight excluding hydrogens is 380 g/mol. The molecule has 1 aliphatic heterocycles. The van der Waals surface area contributed by atoms with Gasteiger partial charge in [0, 0.05) is 6.42 Å². The van der Waals surface area contributed by atoms with Crippen LogP contribution in [0.25, 0.3) is 0 Å². The van der Waals surface area contributed by atoms with Crippen molar-refractivity contribution in [3.05, 3.63) is 59.7 Å². The Bertz CT molecular complexity index is 903. The molecule has 2 aromatic carbocycles. The molecule has 0 radical (unpaired) electrons. The lowest BCUT2D eigenvalue weighted by atomic mass is 9.91. The lowest BCUT2D eigenvalue weighted by molar-refractivity contribution is -0.122.